The molecular weight excluding hydrogens is 811 g/mol. The van der Waals surface area contributed by atoms with Crippen molar-refractivity contribution in [2.45, 2.75) is 5.41 Å². The van der Waals surface area contributed by atoms with Gasteiger partial charge in [-0.1, -0.05) is 176 Å². The maximum atomic E-state index is 2.42. The number of rotatable bonds is 7. The predicted octanol–water partition coefficient (Wildman–Crippen LogP) is 17.6. The third kappa shape index (κ3) is 5.68. The van der Waals surface area contributed by atoms with E-state index >= 15 is 0 Å². The molecule has 3 heteroatoms. The van der Waals surface area contributed by atoms with Crippen LogP contribution in [0.5, 0.6) is 0 Å². The highest BCUT2D eigenvalue weighted by Gasteiger charge is 2.45. The Morgan fingerprint density at radius 1 is 0.297 bits per heavy atom. The molecule has 300 valence electrons. The third-order valence-corrected chi connectivity index (χ3v) is 15.7. The van der Waals surface area contributed by atoms with Gasteiger partial charge in [0.15, 0.2) is 0 Å². The van der Waals surface area contributed by atoms with Crippen molar-refractivity contribution in [1.29, 1.82) is 0 Å². The van der Waals surface area contributed by atoms with Crippen LogP contribution >= 0.6 is 22.7 Å². The first-order valence-corrected chi connectivity index (χ1v) is 23.5. The molecule has 2 aromatic heterocycles. The van der Waals surface area contributed by atoms with E-state index < -0.39 is 5.41 Å². The molecule has 0 N–H and O–H groups in total. The van der Waals surface area contributed by atoms with E-state index in [1.165, 1.54) is 96.0 Å². The standard InChI is InChI=1S/C61H39NS2/c1-2-15-43(16-3-1)61(55-24-8-4-18-49(55)50-19-5-9-25-56(50)61)44-31-35-46(36-32-44)62(45-33-28-40(29-34-45)41-30-37-59-54(39-41)52-21-7-10-26-57(52)63-59)47-17-12-14-42(38-47)48-22-13-23-53-51-20-6-11-27-58(51)64-60(48)53/h1-39H. The average molecular weight is 850 g/mol. The molecule has 0 bridgehead atoms. The Morgan fingerprint density at radius 2 is 0.828 bits per heavy atom. The van der Waals surface area contributed by atoms with E-state index in [1.807, 2.05) is 22.7 Å². The Hall–Kier alpha value is -7.56. The van der Waals surface area contributed by atoms with Gasteiger partial charge in [0.2, 0.25) is 0 Å². The summed E-state index contributed by atoms with van der Waals surface area (Å²) in [7, 11) is 0. The van der Waals surface area contributed by atoms with Gasteiger partial charge >= 0.3 is 0 Å². The predicted molar refractivity (Wildman–Crippen MR) is 275 cm³/mol. The molecular formula is C61H39NS2. The summed E-state index contributed by atoms with van der Waals surface area (Å²) in [5, 5.41) is 5.26. The number of hydrogen-bond donors (Lipinski definition) is 0. The molecule has 0 spiro atoms. The van der Waals surface area contributed by atoms with Gasteiger partial charge in [-0.3, -0.25) is 0 Å². The van der Waals surface area contributed by atoms with Gasteiger partial charge in [-0.05, 0) is 116 Å². The zero-order valence-electron chi connectivity index (χ0n) is 34.8. The Kier molecular flexibility index (Phi) is 8.55. The van der Waals surface area contributed by atoms with E-state index in [4.69, 9.17) is 0 Å². The average Bonchev–Trinajstić information content (AvgIpc) is 4.03. The summed E-state index contributed by atoms with van der Waals surface area (Å²) in [5.41, 5.74) is 15.5. The zero-order valence-corrected chi connectivity index (χ0v) is 36.4. The topological polar surface area (TPSA) is 3.24 Å². The fourth-order valence-corrected chi connectivity index (χ4v) is 12.8. The van der Waals surface area contributed by atoms with E-state index in [2.05, 4.69) is 241 Å². The van der Waals surface area contributed by atoms with E-state index in [0.717, 1.165) is 17.1 Å². The Bertz CT molecular complexity index is 3680. The number of benzene rings is 10. The summed E-state index contributed by atoms with van der Waals surface area (Å²) in [6.07, 6.45) is 0. The summed E-state index contributed by atoms with van der Waals surface area (Å²) in [4.78, 5) is 2.42. The molecule has 1 aliphatic carbocycles. The lowest BCUT2D eigenvalue weighted by atomic mass is 9.68. The second-order valence-electron chi connectivity index (χ2n) is 16.8. The maximum absolute atomic E-state index is 2.42. The Balaban J connectivity index is 0.964. The van der Waals surface area contributed by atoms with Crippen molar-refractivity contribution in [3.8, 4) is 33.4 Å². The smallest absolute Gasteiger partial charge is 0.0713 e. The van der Waals surface area contributed by atoms with Gasteiger partial charge in [-0.15, -0.1) is 22.7 Å². The minimum Gasteiger partial charge on any atom is -0.310 e. The summed E-state index contributed by atoms with van der Waals surface area (Å²) >= 11 is 3.74. The van der Waals surface area contributed by atoms with E-state index in [-0.39, 0.29) is 0 Å². The van der Waals surface area contributed by atoms with Crippen LogP contribution in [-0.4, -0.2) is 0 Å². The molecule has 0 saturated heterocycles. The molecule has 0 amide bonds. The molecule has 12 aromatic rings. The zero-order chi connectivity index (χ0) is 42.2. The summed E-state index contributed by atoms with van der Waals surface area (Å²) < 4.78 is 5.28. The van der Waals surface area contributed by atoms with Crippen LogP contribution in [0.25, 0.3) is 73.7 Å². The first-order valence-electron chi connectivity index (χ1n) is 21.9. The molecule has 0 unspecified atom stereocenters. The minimum atomic E-state index is -0.461. The molecule has 64 heavy (non-hydrogen) atoms. The molecule has 13 rings (SSSR count). The lowest BCUT2D eigenvalue weighted by Gasteiger charge is -2.34. The van der Waals surface area contributed by atoms with Crippen molar-refractivity contribution in [2.75, 3.05) is 4.90 Å². The normalized spacial score (nSPS) is 12.8. The van der Waals surface area contributed by atoms with Crippen molar-refractivity contribution in [1.82, 2.24) is 0 Å². The lowest BCUT2D eigenvalue weighted by Crippen LogP contribution is -2.28. The number of fused-ring (bicyclic) bond motifs is 9. The van der Waals surface area contributed by atoms with Crippen molar-refractivity contribution in [3.05, 3.63) is 259 Å². The van der Waals surface area contributed by atoms with Crippen molar-refractivity contribution in [2.24, 2.45) is 0 Å². The highest BCUT2D eigenvalue weighted by atomic mass is 32.1. The van der Waals surface area contributed by atoms with Gasteiger partial charge in [-0.25, -0.2) is 0 Å². The monoisotopic (exact) mass is 849 g/mol. The molecule has 1 aliphatic rings. The molecule has 0 aliphatic heterocycles. The fraction of sp³-hybridized carbons (Fsp3) is 0.0164. The van der Waals surface area contributed by atoms with Crippen molar-refractivity contribution >= 4 is 80.1 Å². The molecule has 1 nitrogen and oxygen atoms in total. The van der Waals surface area contributed by atoms with E-state index in [1.54, 1.807) is 0 Å². The van der Waals surface area contributed by atoms with Crippen LogP contribution in [0.4, 0.5) is 17.1 Å². The van der Waals surface area contributed by atoms with Gasteiger partial charge in [0.25, 0.3) is 0 Å². The second kappa shape index (κ2) is 14.8. The van der Waals surface area contributed by atoms with Crippen LogP contribution < -0.4 is 4.90 Å². The highest BCUT2D eigenvalue weighted by Crippen LogP contribution is 2.56. The summed E-state index contributed by atoms with van der Waals surface area (Å²) in [6, 6.07) is 87.7. The second-order valence-corrected chi connectivity index (χ2v) is 18.9. The van der Waals surface area contributed by atoms with Gasteiger partial charge < -0.3 is 4.90 Å². The fourth-order valence-electron chi connectivity index (χ4n) is 10.5. The van der Waals surface area contributed by atoms with Gasteiger partial charge in [0.1, 0.15) is 0 Å². The number of thiophene rings is 2. The SMILES string of the molecule is c1ccc(C2(c3ccc(N(c4ccc(-c5ccc6sc7ccccc7c6c5)cc4)c4cccc(-c5cccc6c5sc5ccccc56)c4)cc3)c3ccccc3-c3ccccc32)cc1. The number of hydrogen-bond acceptors (Lipinski definition) is 3. The first-order chi connectivity index (χ1) is 31.7. The quantitative estimate of drug-likeness (QED) is 0.154. The van der Waals surface area contributed by atoms with Crippen LogP contribution in [0.15, 0.2) is 237 Å². The van der Waals surface area contributed by atoms with Gasteiger partial charge in [-0.2, -0.15) is 0 Å². The highest BCUT2D eigenvalue weighted by molar-refractivity contribution is 7.26. The van der Waals surface area contributed by atoms with Gasteiger partial charge in [0, 0.05) is 57.4 Å². The largest absolute Gasteiger partial charge is 0.310 e. The van der Waals surface area contributed by atoms with Crippen LogP contribution in [0, 0.1) is 0 Å². The minimum absolute atomic E-state index is 0.461. The molecule has 2 heterocycles. The molecule has 0 saturated carbocycles. The van der Waals surface area contributed by atoms with E-state index in [9.17, 15) is 0 Å². The first kappa shape index (κ1) is 37.0. The van der Waals surface area contributed by atoms with Crippen LogP contribution in [0.1, 0.15) is 22.3 Å². The molecule has 0 atom stereocenters. The molecule has 10 aromatic carbocycles. The van der Waals surface area contributed by atoms with E-state index in [0.29, 0.717) is 0 Å². The Morgan fingerprint density at radius 3 is 1.56 bits per heavy atom. The van der Waals surface area contributed by atoms with Gasteiger partial charge in [0.05, 0.1) is 5.41 Å². The maximum Gasteiger partial charge on any atom is 0.0713 e. The molecule has 0 radical (unpaired) electrons. The summed E-state index contributed by atoms with van der Waals surface area (Å²) in [6.45, 7) is 0. The lowest BCUT2D eigenvalue weighted by molar-refractivity contribution is 0.768. The third-order valence-electron chi connectivity index (χ3n) is 13.4. The molecule has 0 fully saturated rings. The van der Waals surface area contributed by atoms with Crippen LogP contribution in [-0.2, 0) is 5.41 Å². The number of nitrogens with zero attached hydrogens (tertiary/aromatic N) is 1. The van der Waals surface area contributed by atoms with Crippen LogP contribution in [0.2, 0.25) is 0 Å². The summed E-state index contributed by atoms with van der Waals surface area (Å²) in [5.74, 6) is 0. The van der Waals surface area contributed by atoms with Crippen molar-refractivity contribution < 1.29 is 0 Å². The van der Waals surface area contributed by atoms with Crippen molar-refractivity contribution in [3.63, 3.8) is 0 Å². The van der Waals surface area contributed by atoms with Crippen LogP contribution in [0.3, 0.4) is 0 Å². The number of anilines is 3. The Labute approximate surface area is 380 Å².